The van der Waals surface area contributed by atoms with Gasteiger partial charge in [-0.25, -0.2) is 0 Å². The van der Waals surface area contributed by atoms with Crippen molar-refractivity contribution in [2.45, 2.75) is 26.3 Å². The topological polar surface area (TPSA) is 40.5 Å². The lowest BCUT2D eigenvalue weighted by Gasteiger charge is -2.20. The van der Waals surface area contributed by atoms with Crippen molar-refractivity contribution in [2.24, 2.45) is 11.8 Å². The maximum Gasteiger partial charge on any atom is 0.306 e. The minimum absolute atomic E-state index is 0.0637. The summed E-state index contributed by atoms with van der Waals surface area (Å²) in [4.78, 5) is 12.7. The largest absolute Gasteiger partial charge is 0.481 e. The zero-order chi connectivity index (χ0) is 9.30. The van der Waals surface area contributed by atoms with E-state index in [-0.39, 0.29) is 5.92 Å². The summed E-state index contributed by atoms with van der Waals surface area (Å²) in [5.41, 5.74) is 0. The third-order valence-corrected chi connectivity index (χ3v) is 2.64. The van der Waals surface area contributed by atoms with Crippen LogP contribution in [0.25, 0.3) is 0 Å². The van der Waals surface area contributed by atoms with Gasteiger partial charge < -0.3 is 10.0 Å². The molecule has 1 fully saturated rings. The van der Waals surface area contributed by atoms with Crippen LogP contribution in [0.3, 0.4) is 0 Å². The zero-order valence-corrected chi connectivity index (χ0v) is 7.95. The van der Waals surface area contributed by atoms with Crippen LogP contribution in [0.1, 0.15) is 20.3 Å². The second kappa shape index (κ2) is 3.44. The molecular weight excluding hydrogens is 154 g/mol. The molecule has 3 nitrogen and oxygen atoms in total. The summed E-state index contributed by atoms with van der Waals surface area (Å²) < 4.78 is 0. The Morgan fingerprint density at radius 3 is 2.58 bits per heavy atom. The highest BCUT2D eigenvalue weighted by atomic mass is 16.4. The molecule has 2 unspecified atom stereocenters. The van der Waals surface area contributed by atoms with Crippen LogP contribution in [0, 0.1) is 11.8 Å². The summed E-state index contributed by atoms with van der Waals surface area (Å²) in [6, 6.07) is 0.514. The average Bonchev–Trinajstić information content (AvgIpc) is 2.67. The molecule has 0 amide bonds. The molecule has 0 heterocycles. The van der Waals surface area contributed by atoms with Crippen molar-refractivity contribution in [1.29, 1.82) is 0 Å². The molecule has 0 radical (unpaired) electrons. The van der Waals surface area contributed by atoms with E-state index in [1.165, 1.54) is 0 Å². The molecule has 0 aromatic carbocycles. The molecule has 1 rings (SSSR count). The summed E-state index contributed by atoms with van der Waals surface area (Å²) in [5, 5.41) is 8.66. The molecule has 0 bridgehead atoms. The Bertz CT molecular complexity index is 179. The number of carboxylic acid groups (broad SMARTS) is 1. The van der Waals surface area contributed by atoms with E-state index in [1.54, 1.807) is 0 Å². The first-order valence-corrected chi connectivity index (χ1v) is 4.45. The second-order valence-corrected chi connectivity index (χ2v) is 3.97. The third kappa shape index (κ3) is 2.21. The van der Waals surface area contributed by atoms with Crippen LogP contribution in [-0.4, -0.2) is 35.6 Å². The monoisotopic (exact) mass is 171 g/mol. The van der Waals surface area contributed by atoms with E-state index in [2.05, 4.69) is 18.7 Å². The fraction of sp³-hybridized carbons (Fsp3) is 0.889. The number of aliphatic carboxylic acids is 1. The first kappa shape index (κ1) is 9.52. The lowest BCUT2D eigenvalue weighted by molar-refractivity contribution is -0.138. The summed E-state index contributed by atoms with van der Waals surface area (Å²) in [7, 11) is 2.04. The summed E-state index contributed by atoms with van der Waals surface area (Å²) in [6.45, 7) is 5.17. The van der Waals surface area contributed by atoms with Gasteiger partial charge in [-0.15, -0.1) is 0 Å². The van der Waals surface area contributed by atoms with Crippen molar-refractivity contribution in [1.82, 2.24) is 4.90 Å². The molecule has 1 saturated carbocycles. The fourth-order valence-corrected chi connectivity index (χ4v) is 1.33. The van der Waals surface area contributed by atoms with E-state index in [4.69, 9.17) is 5.11 Å². The van der Waals surface area contributed by atoms with E-state index >= 15 is 0 Å². The highest BCUT2D eigenvalue weighted by molar-refractivity contribution is 5.73. The number of nitrogens with zero attached hydrogens (tertiary/aromatic N) is 1. The predicted octanol–water partition coefficient (Wildman–Crippen LogP) is 1.05. The third-order valence-electron chi connectivity index (χ3n) is 2.64. The van der Waals surface area contributed by atoms with Gasteiger partial charge in [0.15, 0.2) is 0 Å². The van der Waals surface area contributed by atoms with Crippen LogP contribution >= 0.6 is 0 Å². The van der Waals surface area contributed by atoms with Crippen LogP contribution < -0.4 is 0 Å². The molecule has 1 aliphatic rings. The van der Waals surface area contributed by atoms with E-state index in [0.29, 0.717) is 12.0 Å². The Balaban J connectivity index is 2.23. The van der Waals surface area contributed by atoms with Crippen LogP contribution in [0.15, 0.2) is 0 Å². The van der Waals surface area contributed by atoms with Gasteiger partial charge in [0.05, 0.1) is 5.92 Å². The number of hydrogen-bond acceptors (Lipinski definition) is 2. The average molecular weight is 171 g/mol. The highest BCUT2D eigenvalue weighted by Crippen LogP contribution is 2.39. The molecule has 12 heavy (non-hydrogen) atoms. The minimum atomic E-state index is -0.628. The van der Waals surface area contributed by atoms with Gasteiger partial charge in [-0.1, -0.05) is 0 Å². The molecule has 0 aromatic heterocycles. The molecule has 0 aliphatic heterocycles. The van der Waals surface area contributed by atoms with Crippen molar-refractivity contribution < 1.29 is 9.90 Å². The van der Waals surface area contributed by atoms with Gasteiger partial charge in [-0.2, -0.15) is 0 Å². The van der Waals surface area contributed by atoms with E-state index in [1.807, 2.05) is 7.05 Å². The predicted molar refractivity (Wildman–Crippen MR) is 47.0 cm³/mol. The van der Waals surface area contributed by atoms with E-state index in [9.17, 15) is 4.79 Å². The molecular formula is C9H17NO2. The molecule has 0 saturated heterocycles. The Morgan fingerprint density at radius 2 is 2.25 bits per heavy atom. The fourth-order valence-electron chi connectivity index (χ4n) is 1.33. The molecule has 0 spiro atoms. The molecule has 3 heteroatoms. The van der Waals surface area contributed by atoms with Crippen molar-refractivity contribution in [3.8, 4) is 0 Å². The quantitative estimate of drug-likeness (QED) is 0.687. The SMILES string of the molecule is CC(C)N(C)CC1CC1C(=O)O. The second-order valence-electron chi connectivity index (χ2n) is 3.97. The van der Waals surface area contributed by atoms with Crippen LogP contribution in [-0.2, 0) is 4.79 Å². The Hall–Kier alpha value is -0.570. The lowest BCUT2D eigenvalue weighted by Crippen LogP contribution is -2.29. The molecule has 0 aromatic rings. The summed E-state index contributed by atoms with van der Waals surface area (Å²) >= 11 is 0. The Kier molecular flexibility index (Phi) is 2.73. The van der Waals surface area contributed by atoms with Crippen LogP contribution in [0.5, 0.6) is 0 Å². The van der Waals surface area contributed by atoms with Crippen molar-refractivity contribution in [3.63, 3.8) is 0 Å². The smallest absolute Gasteiger partial charge is 0.306 e. The normalized spacial score (nSPS) is 28.1. The van der Waals surface area contributed by atoms with Crippen LogP contribution in [0.2, 0.25) is 0 Å². The van der Waals surface area contributed by atoms with Gasteiger partial charge in [0, 0.05) is 12.6 Å². The molecule has 1 N–H and O–H groups in total. The first-order chi connectivity index (χ1) is 5.52. The first-order valence-electron chi connectivity index (χ1n) is 4.45. The van der Waals surface area contributed by atoms with Gasteiger partial charge in [0.25, 0.3) is 0 Å². The number of hydrogen-bond donors (Lipinski definition) is 1. The maximum atomic E-state index is 10.5. The van der Waals surface area contributed by atoms with Gasteiger partial charge >= 0.3 is 5.97 Å². The standard InChI is InChI=1S/C9H17NO2/c1-6(2)10(3)5-7-4-8(7)9(11)12/h6-8H,4-5H2,1-3H3,(H,11,12). The zero-order valence-electron chi connectivity index (χ0n) is 7.95. The van der Waals surface area contributed by atoms with Crippen molar-refractivity contribution in [3.05, 3.63) is 0 Å². The maximum absolute atomic E-state index is 10.5. The molecule has 2 atom stereocenters. The molecule has 1 aliphatic carbocycles. The molecule has 70 valence electrons. The number of carboxylic acids is 1. The van der Waals surface area contributed by atoms with E-state index in [0.717, 1.165) is 13.0 Å². The van der Waals surface area contributed by atoms with Gasteiger partial charge in [0.2, 0.25) is 0 Å². The Morgan fingerprint density at radius 1 is 1.67 bits per heavy atom. The van der Waals surface area contributed by atoms with E-state index < -0.39 is 5.97 Å². The van der Waals surface area contributed by atoms with Gasteiger partial charge in [-0.05, 0) is 33.2 Å². The number of rotatable bonds is 4. The van der Waals surface area contributed by atoms with Crippen molar-refractivity contribution in [2.75, 3.05) is 13.6 Å². The minimum Gasteiger partial charge on any atom is -0.481 e. The Labute approximate surface area is 73.4 Å². The summed E-state index contributed by atoms with van der Waals surface area (Å²) in [6.07, 6.45) is 0.867. The van der Waals surface area contributed by atoms with Gasteiger partial charge in [-0.3, -0.25) is 4.79 Å². The van der Waals surface area contributed by atoms with Crippen LogP contribution in [0.4, 0.5) is 0 Å². The lowest BCUT2D eigenvalue weighted by atomic mass is 10.2. The number of carbonyl (C=O) groups is 1. The van der Waals surface area contributed by atoms with Gasteiger partial charge in [0.1, 0.15) is 0 Å². The summed E-state index contributed by atoms with van der Waals surface area (Å²) in [5.74, 6) is -0.293. The highest BCUT2D eigenvalue weighted by Gasteiger charge is 2.43. The van der Waals surface area contributed by atoms with Crippen molar-refractivity contribution >= 4 is 5.97 Å².